The number of nitrogens with one attached hydrogen (secondary N) is 1. The molecule has 0 saturated heterocycles. The van der Waals surface area contributed by atoms with Crippen LogP contribution in [-0.2, 0) is 0 Å². The van der Waals surface area contributed by atoms with Crippen molar-refractivity contribution in [3.8, 4) is 22.3 Å². The Kier molecular flexibility index (Phi) is 5.17. The number of fused-ring (bicyclic) bond motifs is 6. The quantitative estimate of drug-likeness (QED) is 0.238. The van der Waals surface area contributed by atoms with Crippen LogP contribution in [0.4, 0.5) is 11.4 Å². The van der Waals surface area contributed by atoms with Gasteiger partial charge in [-0.25, -0.2) is 0 Å². The van der Waals surface area contributed by atoms with E-state index in [0.29, 0.717) is 0 Å². The molecule has 0 spiro atoms. The van der Waals surface area contributed by atoms with Crippen molar-refractivity contribution in [1.82, 2.24) is 0 Å². The first-order chi connectivity index (χ1) is 19.8. The third-order valence-corrected chi connectivity index (χ3v) is 7.85. The molecule has 0 bridgehead atoms. The van der Waals surface area contributed by atoms with Crippen molar-refractivity contribution in [1.29, 1.82) is 0 Å². The molecule has 8 rings (SSSR count). The van der Waals surface area contributed by atoms with Crippen LogP contribution in [0.3, 0.4) is 0 Å². The highest BCUT2D eigenvalue weighted by atomic mass is 16.3. The van der Waals surface area contributed by atoms with Crippen LogP contribution in [0, 0.1) is 0 Å². The lowest BCUT2D eigenvalue weighted by atomic mass is 9.93. The number of para-hydroxylation sites is 1. The Morgan fingerprint density at radius 2 is 1.12 bits per heavy atom. The average molecular weight is 512 g/mol. The minimum atomic E-state index is 0.868. The van der Waals surface area contributed by atoms with Gasteiger partial charge in [-0.3, -0.25) is 0 Å². The third kappa shape index (κ3) is 3.73. The molecular weight excluding hydrogens is 486 g/mol. The summed E-state index contributed by atoms with van der Waals surface area (Å²) in [6.45, 7) is 0. The first kappa shape index (κ1) is 22.6. The molecule has 0 fully saturated rings. The van der Waals surface area contributed by atoms with Crippen molar-refractivity contribution in [2.75, 3.05) is 5.32 Å². The SMILES string of the molecule is c1ccc(-c2ccc3oc4c(Nc5ccc(-c6cc7ccccc7c7ccccc67)cc5)cccc4c3c2)cc1. The molecule has 0 aliphatic carbocycles. The minimum Gasteiger partial charge on any atom is -0.454 e. The lowest BCUT2D eigenvalue weighted by molar-refractivity contribution is 0.670. The normalized spacial score (nSPS) is 11.5. The Morgan fingerprint density at radius 3 is 1.98 bits per heavy atom. The van der Waals surface area contributed by atoms with Crippen LogP contribution in [-0.4, -0.2) is 0 Å². The lowest BCUT2D eigenvalue weighted by Gasteiger charge is -2.12. The highest BCUT2D eigenvalue weighted by Gasteiger charge is 2.13. The fourth-order valence-electron chi connectivity index (χ4n) is 5.89. The van der Waals surface area contributed by atoms with Crippen molar-refractivity contribution in [2.45, 2.75) is 0 Å². The zero-order chi connectivity index (χ0) is 26.5. The number of hydrogen-bond acceptors (Lipinski definition) is 2. The second-order valence-corrected chi connectivity index (χ2v) is 10.3. The lowest BCUT2D eigenvalue weighted by Crippen LogP contribution is -1.91. The van der Waals surface area contributed by atoms with E-state index in [1.807, 2.05) is 6.07 Å². The highest BCUT2D eigenvalue weighted by molar-refractivity contribution is 6.14. The molecule has 1 aromatic heterocycles. The topological polar surface area (TPSA) is 25.2 Å². The van der Waals surface area contributed by atoms with E-state index in [1.165, 1.54) is 43.8 Å². The number of benzene rings is 7. The molecule has 0 atom stereocenters. The Morgan fingerprint density at radius 1 is 0.425 bits per heavy atom. The first-order valence-corrected chi connectivity index (χ1v) is 13.6. The Bertz CT molecular complexity index is 2170. The van der Waals surface area contributed by atoms with Crippen LogP contribution >= 0.6 is 0 Å². The van der Waals surface area contributed by atoms with Gasteiger partial charge in [0.1, 0.15) is 5.58 Å². The summed E-state index contributed by atoms with van der Waals surface area (Å²) in [7, 11) is 0. The molecule has 0 aliphatic heterocycles. The van der Waals surface area contributed by atoms with Crippen LogP contribution in [0.25, 0.3) is 65.7 Å². The van der Waals surface area contributed by atoms with Crippen molar-refractivity contribution in [3.05, 3.63) is 146 Å². The number of rotatable bonds is 4. The van der Waals surface area contributed by atoms with Gasteiger partial charge in [0.15, 0.2) is 5.58 Å². The van der Waals surface area contributed by atoms with Crippen LogP contribution in [0.2, 0.25) is 0 Å². The van der Waals surface area contributed by atoms with Crippen LogP contribution in [0.5, 0.6) is 0 Å². The largest absolute Gasteiger partial charge is 0.454 e. The molecule has 0 aliphatic rings. The van der Waals surface area contributed by atoms with Crippen molar-refractivity contribution < 1.29 is 4.42 Å². The van der Waals surface area contributed by atoms with Gasteiger partial charge in [0, 0.05) is 16.5 Å². The van der Waals surface area contributed by atoms with Gasteiger partial charge in [-0.2, -0.15) is 0 Å². The smallest absolute Gasteiger partial charge is 0.158 e. The molecule has 0 amide bonds. The summed E-state index contributed by atoms with van der Waals surface area (Å²) in [5, 5.41) is 10.9. The summed E-state index contributed by atoms with van der Waals surface area (Å²) in [6.07, 6.45) is 0. The maximum absolute atomic E-state index is 6.37. The molecular formula is C38H25NO. The molecule has 7 aromatic carbocycles. The fraction of sp³-hybridized carbons (Fsp3) is 0. The Labute approximate surface area is 232 Å². The Balaban J connectivity index is 1.16. The average Bonchev–Trinajstić information content (AvgIpc) is 3.41. The third-order valence-electron chi connectivity index (χ3n) is 7.85. The van der Waals surface area contributed by atoms with Crippen molar-refractivity contribution >= 4 is 54.9 Å². The van der Waals surface area contributed by atoms with Crippen LogP contribution in [0.15, 0.2) is 150 Å². The molecule has 0 saturated carbocycles. The summed E-state index contributed by atoms with van der Waals surface area (Å²) in [5.41, 5.74) is 8.57. The molecule has 8 aromatic rings. The number of anilines is 2. The van der Waals surface area contributed by atoms with Gasteiger partial charge in [0.05, 0.1) is 5.69 Å². The maximum Gasteiger partial charge on any atom is 0.158 e. The predicted molar refractivity (Wildman–Crippen MR) is 169 cm³/mol. The first-order valence-electron chi connectivity index (χ1n) is 13.6. The second-order valence-electron chi connectivity index (χ2n) is 10.3. The van der Waals surface area contributed by atoms with E-state index in [-0.39, 0.29) is 0 Å². The minimum absolute atomic E-state index is 0.868. The van der Waals surface area contributed by atoms with E-state index in [4.69, 9.17) is 4.42 Å². The molecule has 1 N–H and O–H groups in total. The van der Waals surface area contributed by atoms with Crippen molar-refractivity contribution in [2.24, 2.45) is 0 Å². The molecule has 188 valence electrons. The van der Waals surface area contributed by atoms with Crippen LogP contribution < -0.4 is 5.32 Å². The summed E-state index contributed by atoms with van der Waals surface area (Å²) in [5.74, 6) is 0. The molecule has 0 radical (unpaired) electrons. The second kappa shape index (κ2) is 9.14. The van der Waals surface area contributed by atoms with Gasteiger partial charge in [-0.05, 0) is 80.2 Å². The maximum atomic E-state index is 6.37. The van der Waals surface area contributed by atoms with Crippen LogP contribution in [0.1, 0.15) is 0 Å². The van der Waals surface area contributed by atoms with E-state index in [2.05, 4.69) is 145 Å². The number of hydrogen-bond donors (Lipinski definition) is 1. The standard InChI is InChI=1S/C38H25NO/c1-2-9-25(10-3-1)27-19-22-37-35(23-27)33-15-8-16-36(38(33)40-37)39-29-20-17-26(18-21-29)34-24-28-11-4-5-12-30(28)31-13-6-7-14-32(31)34/h1-24,39H. The predicted octanol–water partition coefficient (Wildman–Crippen LogP) is 11.0. The number of furan rings is 1. The Hall–Kier alpha value is -5.34. The molecule has 1 heterocycles. The summed E-state index contributed by atoms with van der Waals surface area (Å²) >= 11 is 0. The summed E-state index contributed by atoms with van der Waals surface area (Å²) < 4.78 is 6.37. The van der Waals surface area contributed by atoms with Gasteiger partial charge in [-0.1, -0.05) is 109 Å². The fourth-order valence-corrected chi connectivity index (χ4v) is 5.89. The van der Waals surface area contributed by atoms with E-state index in [0.717, 1.165) is 33.3 Å². The van der Waals surface area contributed by atoms with E-state index in [1.54, 1.807) is 0 Å². The van der Waals surface area contributed by atoms with Gasteiger partial charge < -0.3 is 9.73 Å². The van der Waals surface area contributed by atoms with E-state index < -0.39 is 0 Å². The van der Waals surface area contributed by atoms with Gasteiger partial charge in [0.25, 0.3) is 0 Å². The summed E-state index contributed by atoms with van der Waals surface area (Å²) in [6, 6.07) is 51.5. The van der Waals surface area contributed by atoms with Gasteiger partial charge >= 0.3 is 0 Å². The van der Waals surface area contributed by atoms with Gasteiger partial charge in [-0.15, -0.1) is 0 Å². The van der Waals surface area contributed by atoms with Crippen molar-refractivity contribution in [3.63, 3.8) is 0 Å². The van der Waals surface area contributed by atoms with Gasteiger partial charge in [0.2, 0.25) is 0 Å². The van der Waals surface area contributed by atoms with E-state index in [9.17, 15) is 0 Å². The molecule has 0 unspecified atom stereocenters. The zero-order valence-electron chi connectivity index (χ0n) is 21.8. The monoisotopic (exact) mass is 511 g/mol. The molecule has 2 nitrogen and oxygen atoms in total. The van der Waals surface area contributed by atoms with E-state index >= 15 is 0 Å². The zero-order valence-corrected chi connectivity index (χ0v) is 21.8. The summed E-state index contributed by atoms with van der Waals surface area (Å²) in [4.78, 5) is 0. The highest BCUT2D eigenvalue weighted by Crippen LogP contribution is 2.38. The molecule has 40 heavy (non-hydrogen) atoms. The molecule has 2 heteroatoms.